The van der Waals surface area contributed by atoms with Gasteiger partial charge in [-0.3, -0.25) is 0 Å². The Morgan fingerprint density at radius 3 is 2.30 bits per heavy atom. The van der Waals surface area contributed by atoms with Crippen molar-refractivity contribution in [3.05, 3.63) is 0 Å². The van der Waals surface area contributed by atoms with E-state index >= 15 is 0 Å². The summed E-state index contributed by atoms with van der Waals surface area (Å²) >= 11 is 0. The zero-order valence-electron chi connectivity index (χ0n) is 14.2. The fourth-order valence-corrected chi connectivity index (χ4v) is 3.29. The van der Waals surface area contributed by atoms with Crippen molar-refractivity contribution in [3.63, 3.8) is 0 Å². The zero-order chi connectivity index (χ0) is 14.7. The largest absolute Gasteiger partial charge is 0.373 e. The molecule has 0 amide bonds. The lowest BCUT2D eigenvalue weighted by atomic mass is 9.93. The van der Waals surface area contributed by atoms with E-state index in [9.17, 15) is 0 Å². The summed E-state index contributed by atoms with van der Waals surface area (Å²) in [6.07, 6.45) is 13.2. The van der Waals surface area contributed by atoms with Crippen LogP contribution in [-0.4, -0.2) is 25.3 Å². The van der Waals surface area contributed by atoms with Crippen LogP contribution in [0.4, 0.5) is 0 Å². The molecule has 0 bridgehead atoms. The SMILES string of the molecule is CCCCC(CC)COC1(CNCC)CCCCCC1. The smallest absolute Gasteiger partial charge is 0.0806 e. The van der Waals surface area contributed by atoms with Gasteiger partial charge in [0.2, 0.25) is 0 Å². The van der Waals surface area contributed by atoms with Gasteiger partial charge >= 0.3 is 0 Å². The molecule has 0 saturated heterocycles. The molecule has 1 rings (SSSR count). The second-order valence-electron chi connectivity index (χ2n) is 6.61. The normalized spacial score (nSPS) is 20.6. The van der Waals surface area contributed by atoms with E-state index in [0.29, 0.717) is 0 Å². The molecule has 0 aromatic carbocycles. The van der Waals surface area contributed by atoms with Crippen LogP contribution >= 0.6 is 0 Å². The van der Waals surface area contributed by atoms with Gasteiger partial charge in [-0.25, -0.2) is 0 Å². The van der Waals surface area contributed by atoms with Crippen molar-refractivity contribution in [2.45, 2.75) is 90.6 Å². The van der Waals surface area contributed by atoms with Gasteiger partial charge in [0.25, 0.3) is 0 Å². The third-order valence-electron chi connectivity index (χ3n) is 4.88. The first-order valence-corrected chi connectivity index (χ1v) is 9.11. The lowest BCUT2D eigenvalue weighted by Gasteiger charge is -2.35. The second kappa shape index (κ2) is 10.6. The summed E-state index contributed by atoms with van der Waals surface area (Å²) in [6, 6.07) is 0. The molecule has 1 aliphatic rings. The average molecular weight is 284 g/mol. The molecule has 1 fully saturated rings. The fourth-order valence-electron chi connectivity index (χ4n) is 3.29. The topological polar surface area (TPSA) is 21.3 Å². The van der Waals surface area contributed by atoms with Gasteiger partial charge in [-0.1, -0.05) is 65.7 Å². The van der Waals surface area contributed by atoms with Gasteiger partial charge in [0.1, 0.15) is 0 Å². The first kappa shape index (κ1) is 18.0. The number of hydrogen-bond acceptors (Lipinski definition) is 2. The van der Waals surface area contributed by atoms with Crippen molar-refractivity contribution >= 4 is 0 Å². The summed E-state index contributed by atoms with van der Waals surface area (Å²) in [5, 5.41) is 3.55. The molecule has 1 saturated carbocycles. The fraction of sp³-hybridized carbons (Fsp3) is 1.00. The number of ether oxygens (including phenoxy) is 1. The first-order chi connectivity index (χ1) is 9.76. The first-order valence-electron chi connectivity index (χ1n) is 9.11. The highest BCUT2D eigenvalue weighted by Crippen LogP contribution is 2.31. The molecule has 1 atom stereocenters. The molecule has 2 heteroatoms. The van der Waals surface area contributed by atoms with Crippen LogP contribution in [0.2, 0.25) is 0 Å². The molecule has 120 valence electrons. The van der Waals surface area contributed by atoms with Gasteiger partial charge in [-0.2, -0.15) is 0 Å². The van der Waals surface area contributed by atoms with Crippen molar-refractivity contribution in [2.75, 3.05) is 19.7 Å². The highest BCUT2D eigenvalue weighted by molar-refractivity contribution is 4.86. The summed E-state index contributed by atoms with van der Waals surface area (Å²) in [7, 11) is 0. The van der Waals surface area contributed by atoms with Crippen LogP contribution in [0.25, 0.3) is 0 Å². The molecule has 0 spiro atoms. The molecule has 0 aromatic heterocycles. The number of unbranched alkanes of at least 4 members (excludes halogenated alkanes) is 1. The van der Waals surface area contributed by atoms with Gasteiger partial charge in [0, 0.05) is 6.54 Å². The number of hydrogen-bond donors (Lipinski definition) is 1. The maximum Gasteiger partial charge on any atom is 0.0806 e. The van der Waals surface area contributed by atoms with E-state index in [4.69, 9.17) is 4.74 Å². The van der Waals surface area contributed by atoms with E-state index in [1.807, 2.05) is 0 Å². The minimum atomic E-state index is 0.131. The lowest BCUT2D eigenvalue weighted by molar-refractivity contribution is -0.0706. The minimum absolute atomic E-state index is 0.131. The van der Waals surface area contributed by atoms with Gasteiger partial charge in [-0.15, -0.1) is 0 Å². The molecule has 1 N–H and O–H groups in total. The van der Waals surface area contributed by atoms with Crippen LogP contribution in [0.5, 0.6) is 0 Å². The molecule has 20 heavy (non-hydrogen) atoms. The number of nitrogens with one attached hydrogen (secondary N) is 1. The van der Waals surface area contributed by atoms with Crippen LogP contribution in [0, 0.1) is 5.92 Å². The molecular weight excluding hydrogens is 246 g/mol. The Morgan fingerprint density at radius 1 is 1.05 bits per heavy atom. The summed E-state index contributed by atoms with van der Waals surface area (Å²) < 4.78 is 6.54. The molecule has 0 radical (unpaired) electrons. The van der Waals surface area contributed by atoms with E-state index < -0.39 is 0 Å². The summed E-state index contributed by atoms with van der Waals surface area (Å²) in [5.41, 5.74) is 0.131. The van der Waals surface area contributed by atoms with Crippen molar-refractivity contribution in [1.29, 1.82) is 0 Å². The predicted molar refractivity (Wildman–Crippen MR) is 88.2 cm³/mol. The Hall–Kier alpha value is -0.0800. The molecule has 2 nitrogen and oxygen atoms in total. The molecule has 0 heterocycles. The van der Waals surface area contributed by atoms with Crippen LogP contribution < -0.4 is 5.32 Å². The van der Waals surface area contributed by atoms with Gasteiger partial charge in [-0.05, 0) is 31.7 Å². The Bertz CT molecular complexity index is 221. The Morgan fingerprint density at radius 2 is 1.75 bits per heavy atom. The monoisotopic (exact) mass is 283 g/mol. The number of likely N-dealkylation sites (N-methyl/N-ethyl adjacent to an activating group) is 1. The van der Waals surface area contributed by atoms with Gasteiger partial charge in [0.05, 0.1) is 12.2 Å². The van der Waals surface area contributed by atoms with Crippen molar-refractivity contribution < 1.29 is 4.74 Å². The maximum atomic E-state index is 6.54. The van der Waals surface area contributed by atoms with Gasteiger partial charge in [0.15, 0.2) is 0 Å². The highest BCUT2D eigenvalue weighted by Gasteiger charge is 2.31. The Balaban J connectivity index is 2.49. The minimum Gasteiger partial charge on any atom is -0.373 e. The van der Waals surface area contributed by atoms with Gasteiger partial charge < -0.3 is 10.1 Å². The Kier molecular flexibility index (Phi) is 9.54. The summed E-state index contributed by atoms with van der Waals surface area (Å²) in [4.78, 5) is 0. The van der Waals surface area contributed by atoms with Crippen molar-refractivity contribution in [2.24, 2.45) is 5.92 Å². The zero-order valence-corrected chi connectivity index (χ0v) is 14.2. The van der Waals surface area contributed by atoms with E-state index in [2.05, 4.69) is 26.1 Å². The number of rotatable bonds is 10. The molecule has 0 aromatic rings. The second-order valence-corrected chi connectivity index (χ2v) is 6.61. The Labute approximate surface area is 127 Å². The van der Waals surface area contributed by atoms with Crippen LogP contribution in [0.15, 0.2) is 0 Å². The predicted octanol–water partition coefficient (Wildman–Crippen LogP) is 4.92. The summed E-state index contributed by atoms with van der Waals surface area (Å²) in [6.45, 7) is 9.87. The van der Waals surface area contributed by atoms with E-state index in [-0.39, 0.29) is 5.60 Å². The van der Waals surface area contributed by atoms with Crippen LogP contribution in [0.1, 0.15) is 85.0 Å². The maximum absolute atomic E-state index is 6.54. The highest BCUT2D eigenvalue weighted by atomic mass is 16.5. The quantitative estimate of drug-likeness (QED) is 0.574. The molecule has 0 aliphatic heterocycles. The van der Waals surface area contributed by atoms with Crippen molar-refractivity contribution in [3.8, 4) is 0 Å². The van der Waals surface area contributed by atoms with Crippen LogP contribution in [-0.2, 0) is 4.74 Å². The molecule has 1 unspecified atom stereocenters. The van der Waals surface area contributed by atoms with E-state index in [1.165, 1.54) is 64.2 Å². The third kappa shape index (κ3) is 6.58. The standard InChI is InChI=1S/C18H37NO/c1-4-7-12-17(5-2)15-20-18(16-19-6-3)13-10-8-9-11-14-18/h17,19H,4-16H2,1-3H3. The summed E-state index contributed by atoms with van der Waals surface area (Å²) in [5.74, 6) is 0.761. The average Bonchev–Trinajstić information content (AvgIpc) is 2.72. The van der Waals surface area contributed by atoms with Crippen molar-refractivity contribution in [1.82, 2.24) is 5.32 Å². The lowest BCUT2D eigenvalue weighted by Crippen LogP contribution is -2.43. The van der Waals surface area contributed by atoms with E-state index in [0.717, 1.165) is 25.6 Å². The third-order valence-corrected chi connectivity index (χ3v) is 4.88. The van der Waals surface area contributed by atoms with E-state index in [1.54, 1.807) is 0 Å². The molecule has 1 aliphatic carbocycles. The van der Waals surface area contributed by atoms with Crippen LogP contribution in [0.3, 0.4) is 0 Å². The molecular formula is C18H37NO.